The Kier molecular flexibility index (Phi) is 4.41. The second kappa shape index (κ2) is 6.86. The van der Waals surface area contributed by atoms with Crippen LogP contribution in [0, 0.1) is 12.7 Å². The molecule has 1 fully saturated rings. The molecule has 3 heterocycles. The SMILES string of the molecule is Cc1cc(C(=O)N2CCCCCC2)c2c(-c3ccccc3F)noc2n1. The van der Waals surface area contributed by atoms with Crippen molar-refractivity contribution in [3.8, 4) is 11.3 Å². The zero-order valence-corrected chi connectivity index (χ0v) is 14.7. The number of hydrogen-bond donors (Lipinski definition) is 0. The van der Waals surface area contributed by atoms with Crippen molar-refractivity contribution in [2.45, 2.75) is 32.6 Å². The van der Waals surface area contributed by atoms with E-state index in [1.807, 2.05) is 11.8 Å². The smallest absolute Gasteiger partial charge is 0.259 e. The van der Waals surface area contributed by atoms with Gasteiger partial charge in [-0.05, 0) is 38.0 Å². The summed E-state index contributed by atoms with van der Waals surface area (Å²) < 4.78 is 19.6. The highest BCUT2D eigenvalue weighted by atomic mass is 19.1. The Morgan fingerprint density at radius 2 is 1.88 bits per heavy atom. The molecule has 1 aliphatic rings. The Morgan fingerprint density at radius 1 is 1.15 bits per heavy atom. The van der Waals surface area contributed by atoms with Gasteiger partial charge in [0.2, 0.25) is 0 Å². The highest BCUT2D eigenvalue weighted by Crippen LogP contribution is 2.32. The number of likely N-dealkylation sites (tertiary alicyclic amines) is 1. The van der Waals surface area contributed by atoms with E-state index >= 15 is 0 Å². The topological polar surface area (TPSA) is 59.2 Å². The number of nitrogens with zero attached hydrogens (tertiary/aromatic N) is 3. The van der Waals surface area contributed by atoms with E-state index in [1.165, 1.54) is 6.07 Å². The van der Waals surface area contributed by atoms with Crippen LogP contribution in [-0.4, -0.2) is 34.0 Å². The van der Waals surface area contributed by atoms with Crippen LogP contribution in [0.5, 0.6) is 0 Å². The monoisotopic (exact) mass is 353 g/mol. The molecular weight excluding hydrogens is 333 g/mol. The van der Waals surface area contributed by atoms with Crippen LogP contribution in [0.25, 0.3) is 22.4 Å². The third-order valence-electron chi connectivity index (χ3n) is 4.83. The van der Waals surface area contributed by atoms with Crippen LogP contribution in [0.4, 0.5) is 4.39 Å². The molecular formula is C20H20FN3O2. The summed E-state index contributed by atoms with van der Waals surface area (Å²) in [5.41, 5.74) is 2.05. The molecule has 0 atom stereocenters. The van der Waals surface area contributed by atoms with Crippen LogP contribution < -0.4 is 0 Å². The average Bonchev–Trinajstić information content (AvgIpc) is 2.87. The van der Waals surface area contributed by atoms with E-state index in [-0.39, 0.29) is 11.6 Å². The molecule has 6 heteroatoms. The largest absolute Gasteiger partial charge is 0.339 e. The van der Waals surface area contributed by atoms with Gasteiger partial charge < -0.3 is 9.42 Å². The maximum absolute atomic E-state index is 14.3. The van der Waals surface area contributed by atoms with Gasteiger partial charge in [0, 0.05) is 24.3 Å². The van der Waals surface area contributed by atoms with E-state index in [1.54, 1.807) is 24.3 Å². The molecule has 0 aliphatic carbocycles. The van der Waals surface area contributed by atoms with Gasteiger partial charge >= 0.3 is 0 Å². The summed E-state index contributed by atoms with van der Waals surface area (Å²) in [5, 5.41) is 4.51. The molecule has 0 radical (unpaired) electrons. The number of aromatic nitrogens is 2. The van der Waals surface area contributed by atoms with E-state index in [4.69, 9.17) is 4.52 Å². The van der Waals surface area contributed by atoms with E-state index < -0.39 is 5.82 Å². The Bertz CT molecular complexity index is 959. The summed E-state index contributed by atoms with van der Waals surface area (Å²) in [7, 11) is 0. The fourth-order valence-corrected chi connectivity index (χ4v) is 3.52. The van der Waals surface area contributed by atoms with Crippen molar-refractivity contribution in [2.75, 3.05) is 13.1 Å². The number of rotatable bonds is 2. The summed E-state index contributed by atoms with van der Waals surface area (Å²) in [6.07, 6.45) is 4.29. The second-order valence-electron chi connectivity index (χ2n) is 6.71. The number of hydrogen-bond acceptors (Lipinski definition) is 4. The van der Waals surface area contributed by atoms with Gasteiger partial charge in [0.25, 0.3) is 11.6 Å². The van der Waals surface area contributed by atoms with Crippen LogP contribution in [0.1, 0.15) is 41.7 Å². The van der Waals surface area contributed by atoms with E-state index in [0.717, 1.165) is 38.8 Å². The average molecular weight is 353 g/mol. The van der Waals surface area contributed by atoms with Gasteiger partial charge in [-0.2, -0.15) is 0 Å². The molecule has 0 bridgehead atoms. The Morgan fingerprint density at radius 3 is 2.62 bits per heavy atom. The first-order chi connectivity index (χ1) is 12.6. The second-order valence-corrected chi connectivity index (χ2v) is 6.71. The number of pyridine rings is 1. The van der Waals surface area contributed by atoms with Gasteiger partial charge in [-0.15, -0.1) is 0 Å². The van der Waals surface area contributed by atoms with Crippen molar-refractivity contribution < 1.29 is 13.7 Å². The minimum Gasteiger partial charge on any atom is -0.339 e. The van der Waals surface area contributed by atoms with Crippen molar-refractivity contribution in [1.82, 2.24) is 15.0 Å². The van der Waals surface area contributed by atoms with E-state index in [0.29, 0.717) is 27.9 Å². The predicted molar refractivity (Wildman–Crippen MR) is 96.3 cm³/mol. The third-order valence-corrected chi connectivity index (χ3v) is 4.83. The van der Waals surface area contributed by atoms with Crippen molar-refractivity contribution in [2.24, 2.45) is 0 Å². The number of carbonyl (C=O) groups excluding carboxylic acids is 1. The minimum atomic E-state index is -0.406. The maximum Gasteiger partial charge on any atom is 0.259 e. The molecule has 2 aromatic heterocycles. The highest BCUT2D eigenvalue weighted by molar-refractivity contribution is 6.09. The Balaban J connectivity index is 1.87. The molecule has 5 nitrogen and oxygen atoms in total. The predicted octanol–water partition coefficient (Wildman–Crippen LogP) is 4.35. The molecule has 4 rings (SSSR count). The molecule has 26 heavy (non-hydrogen) atoms. The summed E-state index contributed by atoms with van der Waals surface area (Å²) in [6, 6.07) is 8.10. The van der Waals surface area contributed by atoms with Gasteiger partial charge in [-0.25, -0.2) is 9.37 Å². The first kappa shape index (κ1) is 16.7. The summed E-state index contributed by atoms with van der Waals surface area (Å²) >= 11 is 0. The van der Waals surface area contributed by atoms with Crippen molar-refractivity contribution in [1.29, 1.82) is 0 Å². The van der Waals surface area contributed by atoms with Crippen LogP contribution >= 0.6 is 0 Å². The zero-order chi connectivity index (χ0) is 18.1. The zero-order valence-electron chi connectivity index (χ0n) is 14.7. The molecule has 3 aromatic rings. The molecule has 1 aliphatic heterocycles. The molecule has 1 saturated heterocycles. The maximum atomic E-state index is 14.3. The molecule has 1 amide bonds. The number of aryl methyl sites for hydroxylation is 1. The molecule has 0 N–H and O–H groups in total. The van der Waals surface area contributed by atoms with E-state index in [2.05, 4.69) is 10.1 Å². The Hall–Kier alpha value is -2.76. The molecule has 0 spiro atoms. The number of carbonyl (C=O) groups is 1. The van der Waals surface area contributed by atoms with Gasteiger partial charge in [0.05, 0.1) is 10.9 Å². The lowest BCUT2D eigenvalue weighted by molar-refractivity contribution is 0.0763. The standard InChI is InChI=1S/C20H20FN3O2/c1-13-12-15(20(25)24-10-6-2-3-7-11-24)17-18(23-26-19(17)22-13)14-8-4-5-9-16(14)21/h4-5,8-9,12H,2-3,6-7,10-11H2,1H3. The number of fused-ring (bicyclic) bond motifs is 1. The normalized spacial score (nSPS) is 15.2. The third kappa shape index (κ3) is 2.96. The summed E-state index contributed by atoms with van der Waals surface area (Å²) in [6.45, 7) is 3.29. The van der Waals surface area contributed by atoms with E-state index in [9.17, 15) is 9.18 Å². The summed E-state index contributed by atoms with van der Waals surface area (Å²) in [4.78, 5) is 19.4. The summed E-state index contributed by atoms with van der Waals surface area (Å²) in [5.74, 6) is -0.473. The van der Waals surface area contributed by atoms with Gasteiger partial charge in [0.15, 0.2) is 0 Å². The minimum absolute atomic E-state index is 0.0665. The first-order valence-electron chi connectivity index (χ1n) is 8.96. The van der Waals surface area contributed by atoms with Crippen molar-refractivity contribution in [3.63, 3.8) is 0 Å². The number of halogens is 1. The quantitative estimate of drug-likeness (QED) is 0.687. The molecule has 0 saturated carbocycles. The van der Waals surface area contributed by atoms with Crippen LogP contribution in [-0.2, 0) is 0 Å². The lowest BCUT2D eigenvalue weighted by Crippen LogP contribution is -2.32. The number of benzene rings is 1. The first-order valence-corrected chi connectivity index (χ1v) is 8.96. The highest BCUT2D eigenvalue weighted by Gasteiger charge is 2.25. The number of amides is 1. The molecule has 0 unspecified atom stereocenters. The van der Waals surface area contributed by atoms with Crippen LogP contribution in [0.15, 0.2) is 34.9 Å². The van der Waals surface area contributed by atoms with Gasteiger partial charge in [-0.1, -0.05) is 30.1 Å². The van der Waals surface area contributed by atoms with Gasteiger partial charge in [0.1, 0.15) is 11.5 Å². The lowest BCUT2D eigenvalue weighted by atomic mass is 10.0. The fraction of sp³-hybridized carbons (Fsp3) is 0.350. The Labute approximate surface area is 150 Å². The molecule has 134 valence electrons. The van der Waals surface area contributed by atoms with Gasteiger partial charge in [-0.3, -0.25) is 4.79 Å². The van der Waals surface area contributed by atoms with Crippen molar-refractivity contribution in [3.05, 3.63) is 47.4 Å². The van der Waals surface area contributed by atoms with Crippen molar-refractivity contribution >= 4 is 17.0 Å². The van der Waals surface area contributed by atoms with Crippen LogP contribution in [0.2, 0.25) is 0 Å². The fourth-order valence-electron chi connectivity index (χ4n) is 3.52. The van der Waals surface area contributed by atoms with Crippen LogP contribution in [0.3, 0.4) is 0 Å². The lowest BCUT2D eigenvalue weighted by Gasteiger charge is -2.20. The molecule has 1 aromatic carbocycles.